The van der Waals surface area contributed by atoms with Crippen LogP contribution in [0.1, 0.15) is 19.3 Å². The van der Waals surface area contributed by atoms with Gasteiger partial charge in [-0.15, -0.1) is 0 Å². The first-order valence-corrected chi connectivity index (χ1v) is 6.45. The van der Waals surface area contributed by atoms with Crippen molar-refractivity contribution < 1.29 is 9.66 Å². The predicted octanol–water partition coefficient (Wildman–Crippen LogP) is 2.04. The van der Waals surface area contributed by atoms with Gasteiger partial charge in [0.1, 0.15) is 5.75 Å². The predicted molar refractivity (Wildman–Crippen MR) is 73.3 cm³/mol. The summed E-state index contributed by atoms with van der Waals surface area (Å²) in [5.41, 5.74) is 6.04. The van der Waals surface area contributed by atoms with Crippen molar-refractivity contribution in [1.29, 1.82) is 0 Å². The number of benzene rings is 1. The van der Waals surface area contributed by atoms with Gasteiger partial charge in [0, 0.05) is 18.2 Å². The third kappa shape index (κ3) is 3.35. The van der Waals surface area contributed by atoms with Crippen LogP contribution < -0.4 is 10.5 Å². The number of nitro benzene ring substituents is 1. The van der Waals surface area contributed by atoms with Crippen LogP contribution in [0, 0.1) is 10.1 Å². The molecule has 0 saturated carbocycles. The number of nitrogens with zero attached hydrogens (tertiary/aromatic N) is 2. The molecule has 0 aromatic heterocycles. The summed E-state index contributed by atoms with van der Waals surface area (Å²) in [6.45, 7) is 1.72. The average molecular weight is 265 g/mol. The molecular weight excluding hydrogens is 246 g/mol. The Morgan fingerprint density at radius 1 is 1.58 bits per heavy atom. The zero-order chi connectivity index (χ0) is 13.8. The van der Waals surface area contributed by atoms with Gasteiger partial charge in [0.05, 0.1) is 17.2 Å². The third-order valence-corrected chi connectivity index (χ3v) is 3.58. The van der Waals surface area contributed by atoms with Crippen molar-refractivity contribution >= 4 is 11.4 Å². The molecule has 1 aliphatic heterocycles. The molecule has 0 radical (unpaired) electrons. The summed E-state index contributed by atoms with van der Waals surface area (Å²) in [4.78, 5) is 12.5. The van der Waals surface area contributed by atoms with Crippen molar-refractivity contribution in [2.75, 3.05) is 25.9 Å². The smallest absolute Gasteiger partial charge is 0.271 e. The Bertz CT molecular complexity index is 464. The lowest BCUT2D eigenvalue weighted by Crippen LogP contribution is -2.26. The Morgan fingerprint density at radius 2 is 2.37 bits per heavy atom. The van der Waals surface area contributed by atoms with E-state index in [4.69, 9.17) is 10.5 Å². The maximum absolute atomic E-state index is 10.6. The minimum atomic E-state index is -0.465. The quantitative estimate of drug-likeness (QED) is 0.500. The van der Waals surface area contributed by atoms with Crippen LogP contribution >= 0.6 is 0 Å². The van der Waals surface area contributed by atoms with E-state index in [1.165, 1.54) is 25.0 Å². The van der Waals surface area contributed by atoms with Crippen LogP contribution in [-0.2, 0) is 0 Å². The van der Waals surface area contributed by atoms with Crippen LogP contribution in [-0.4, -0.2) is 36.1 Å². The molecule has 19 heavy (non-hydrogen) atoms. The van der Waals surface area contributed by atoms with E-state index in [-0.39, 0.29) is 5.69 Å². The summed E-state index contributed by atoms with van der Waals surface area (Å²) in [7, 11) is 2.12. The van der Waals surface area contributed by atoms with E-state index >= 15 is 0 Å². The van der Waals surface area contributed by atoms with Crippen molar-refractivity contribution in [2.24, 2.45) is 0 Å². The molecule has 0 aliphatic carbocycles. The van der Waals surface area contributed by atoms with Gasteiger partial charge in [-0.3, -0.25) is 10.1 Å². The number of anilines is 1. The highest BCUT2D eigenvalue weighted by atomic mass is 16.6. The second-order valence-electron chi connectivity index (χ2n) is 4.89. The first-order chi connectivity index (χ1) is 9.08. The Morgan fingerprint density at radius 3 is 2.95 bits per heavy atom. The number of nitro groups is 1. The molecule has 1 unspecified atom stereocenters. The number of ether oxygens (including phenoxy) is 1. The van der Waals surface area contributed by atoms with E-state index in [2.05, 4.69) is 11.9 Å². The number of hydrogen-bond donors (Lipinski definition) is 1. The van der Waals surface area contributed by atoms with Crippen LogP contribution in [0.4, 0.5) is 11.4 Å². The van der Waals surface area contributed by atoms with E-state index in [0.29, 0.717) is 24.1 Å². The van der Waals surface area contributed by atoms with Gasteiger partial charge in [0.25, 0.3) is 5.69 Å². The van der Waals surface area contributed by atoms with E-state index in [0.717, 1.165) is 13.0 Å². The monoisotopic (exact) mass is 265 g/mol. The number of nitrogens with two attached hydrogens (primary N) is 1. The van der Waals surface area contributed by atoms with E-state index in [1.54, 1.807) is 6.07 Å². The van der Waals surface area contributed by atoms with Gasteiger partial charge < -0.3 is 15.4 Å². The molecule has 1 heterocycles. The van der Waals surface area contributed by atoms with Crippen LogP contribution in [0.15, 0.2) is 18.2 Å². The van der Waals surface area contributed by atoms with Crippen LogP contribution in [0.5, 0.6) is 5.75 Å². The maximum Gasteiger partial charge on any atom is 0.271 e. The minimum absolute atomic E-state index is 0.0135. The molecule has 104 valence electrons. The summed E-state index contributed by atoms with van der Waals surface area (Å²) in [5.74, 6) is 0.520. The van der Waals surface area contributed by atoms with Gasteiger partial charge in [-0.05, 0) is 38.9 Å². The van der Waals surface area contributed by atoms with Gasteiger partial charge >= 0.3 is 0 Å². The molecule has 0 bridgehead atoms. The third-order valence-electron chi connectivity index (χ3n) is 3.58. The Kier molecular flexibility index (Phi) is 4.21. The Balaban J connectivity index is 1.87. The molecule has 1 saturated heterocycles. The second-order valence-corrected chi connectivity index (χ2v) is 4.89. The lowest BCUT2D eigenvalue weighted by molar-refractivity contribution is -0.384. The minimum Gasteiger partial charge on any atom is -0.491 e. The molecule has 1 aliphatic rings. The highest BCUT2D eigenvalue weighted by Gasteiger charge is 2.20. The van der Waals surface area contributed by atoms with Gasteiger partial charge in [0.15, 0.2) is 0 Å². The van der Waals surface area contributed by atoms with Crippen LogP contribution in [0.25, 0.3) is 0 Å². The van der Waals surface area contributed by atoms with Crippen molar-refractivity contribution in [1.82, 2.24) is 4.90 Å². The van der Waals surface area contributed by atoms with Gasteiger partial charge in [0.2, 0.25) is 0 Å². The number of hydrogen-bond acceptors (Lipinski definition) is 5. The van der Waals surface area contributed by atoms with Crippen molar-refractivity contribution in [2.45, 2.75) is 25.3 Å². The summed E-state index contributed by atoms with van der Waals surface area (Å²) < 4.78 is 5.61. The molecule has 0 spiro atoms. The zero-order valence-electron chi connectivity index (χ0n) is 11.0. The normalized spacial score (nSPS) is 19.5. The fourth-order valence-electron chi connectivity index (χ4n) is 2.43. The SMILES string of the molecule is CN1CCCC1CCOc1ccc([N+](=O)[O-])cc1N. The molecule has 6 heteroatoms. The van der Waals surface area contributed by atoms with Crippen molar-refractivity contribution in [3.63, 3.8) is 0 Å². The average Bonchev–Trinajstić information content (AvgIpc) is 2.77. The van der Waals surface area contributed by atoms with Crippen LogP contribution in [0.3, 0.4) is 0 Å². The van der Waals surface area contributed by atoms with E-state index in [9.17, 15) is 10.1 Å². The zero-order valence-corrected chi connectivity index (χ0v) is 11.0. The highest BCUT2D eigenvalue weighted by molar-refractivity contribution is 5.58. The first kappa shape index (κ1) is 13.6. The fraction of sp³-hybridized carbons (Fsp3) is 0.538. The molecule has 6 nitrogen and oxygen atoms in total. The maximum atomic E-state index is 10.6. The number of rotatable bonds is 5. The summed E-state index contributed by atoms with van der Waals surface area (Å²) in [5, 5.41) is 10.6. The number of likely N-dealkylation sites (tertiary alicyclic amines) is 1. The molecule has 2 rings (SSSR count). The molecule has 1 aromatic rings. The number of nitrogen functional groups attached to an aromatic ring is 1. The molecule has 1 fully saturated rings. The van der Waals surface area contributed by atoms with Crippen LogP contribution in [0.2, 0.25) is 0 Å². The van der Waals surface area contributed by atoms with Gasteiger partial charge in [-0.2, -0.15) is 0 Å². The lowest BCUT2D eigenvalue weighted by atomic mass is 10.1. The van der Waals surface area contributed by atoms with Gasteiger partial charge in [-0.25, -0.2) is 0 Å². The molecule has 1 aromatic carbocycles. The standard InChI is InChI=1S/C13H19N3O3/c1-15-7-2-3-10(15)6-8-19-13-5-4-11(16(17)18)9-12(13)14/h4-5,9-10H,2-3,6-8,14H2,1H3. The fourth-order valence-corrected chi connectivity index (χ4v) is 2.43. The number of non-ortho nitro benzene ring substituents is 1. The van der Waals surface area contributed by atoms with Gasteiger partial charge in [-0.1, -0.05) is 0 Å². The summed E-state index contributed by atoms with van der Waals surface area (Å²) in [6.07, 6.45) is 3.39. The highest BCUT2D eigenvalue weighted by Crippen LogP contribution is 2.27. The summed E-state index contributed by atoms with van der Waals surface area (Å²) in [6, 6.07) is 4.87. The topological polar surface area (TPSA) is 81.6 Å². The second kappa shape index (κ2) is 5.88. The van der Waals surface area contributed by atoms with E-state index in [1.807, 2.05) is 0 Å². The molecule has 0 amide bonds. The summed E-state index contributed by atoms with van der Waals surface area (Å²) >= 11 is 0. The molecular formula is C13H19N3O3. The molecule has 1 atom stereocenters. The van der Waals surface area contributed by atoms with Crippen molar-refractivity contribution in [3.05, 3.63) is 28.3 Å². The first-order valence-electron chi connectivity index (χ1n) is 6.45. The Labute approximate surface area is 112 Å². The largest absolute Gasteiger partial charge is 0.491 e. The Hall–Kier alpha value is -1.82. The van der Waals surface area contributed by atoms with E-state index < -0.39 is 4.92 Å². The molecule has 2 N–H and O–H groups in total. The lowest BCUT2D eigenvalue weighted by Gasteiger charge is -2.19. The van der Waals surface area contributed by atoms with Crippen molar-refractivity contribution in [3.8, 4) is 5.75 Å².